The maximum atomic E-state index is 12.1. The van der Waals surface area contributed by atoms with Crippen LogP contribution in [-0.2, 0) is 12.8 Å². The standard InChI is InChI=1S/C19H24N4O/c1-5-11-20-18(24)16-12-13(4)21-19(22-16)23-17-14(6-2)9-8-10-15(17)7-3/h5,8-10,12H,1,6-7,11H2,2-4H3,(H,20,24)(H,21,22,23). The fraction of sp³-hybridized carbons (Fsp3) is 0.316. The maximum Gasteiger partial charge on any atom is 0.270 e. The first kappa shape index (κ1) is 17.7. The summed E-state index contributed by atoms with van der Waals surface area (Å²) in [6, 6.07) is 7.92. The Labute approximate surface area is 143 Å². The smallest absolute Gasteiger partial charge is 0.270 e. The van der Waals surface area contributed by atoms with Crippen LogP contribution in [0.25, 0.3) is 0 Å². The minimum atomic E-state index is -0.233. The average molecular weight is 324 g/mol. The second-order valence-corrected chi connectivity index (χ2v) is 5.50. The van der Waals surface area contributed by atoms with Gasteiger partial charge in [0.1, 0.15) is 5.69 Å². The van der Waals surface area contributed by atoms with Crippen molar-refractivity contribution in [2.45, 2.75) is 33.6 Å². The molecule has 0 aliphatic heterocycles. The summed E-state index contributed by atoms with van der Waals surface area (Å²) in [4.78, 5) is 20.9. The lowest BCUT2D eigenvalue weighted by Gasteiger charge is -2.15. The van der Waals surface area contributed by atoms with Crippen molar-refractivity contribution in [2.24, 2.45) is 0 Å². The molecule has 0 saturated carbocycles. The molecule has 0 bridgehead atoms. The van der Waals surface area contributed by atoms with Gasteiger partial charge in [-0.25, -0.2) is 9.97 Å². The summed E-state index contributed by atoms with van der Waals surface area (Å²) in [7, 11) is 0. The molecular weight excluding hydrogens is 300 g/mol. The van der Waals surface area contributed by atoms with Crippen LogP contribution in [0.3, 0.4) is 0 Å². The SMILES string of the molecule is C=CCNC(=O)c1cc(C)nc(Nc2c(CC)cccc2CC)n1. The van der Waals surface area contributed by atoms with Gasteiger partial charge in [0.15, 0.2) is 0 Å². The summed E-state index contributed by atoms with van der Waals surface area (Å²) in [5, 5.41) is 6.05. The van der Waals surface area contributed by atoms with Crippen molar-refractivity contribution in [1.29, 1.82) is 0 Å². The van der Waals surface area contributed by atoms with Crippen LogP contribution in [0.1, 0.15) is 41.2 Å². The highest BCUT2D eigenvalue weighted by atomic mass is 16.1. The van der Waals surface area contributed by atoms with Crippen LogP contribution in [0.5, 0.6) is 0 Å². The Balaban J connectivity index is 2.35. The highest BCUT2D eigenvalue weighted by Gasteiger charge is 2.12. The predicted molar refractivity (Wildman–Crippen MR) is 97.8 cm³/mol. The monoisotopic (exact) mass is 324 g/mol. The first-order chi connectivity index (χ1) is 11.6. The molecule has 2 rings (SSSR count). The molecule has 2 N–H and O–H groups in total. The van der Waals surface area contributed by atoms with Crippen LogP contribution >= 0.6 is 0 Å². The molecule has 1 amide bonds. The second kappa shape index (κ2) is 8.24. The molecule has 1 aromatic carbocycles. The number of rotatable bonds is 7. The highest BCUT2D eigenvalue weighted by molar-refractivity contribution is 5.92. The van der Waals surface area contributed by atoms with Gasteiger partial charge < -0.3 is 10.6 Å². The van der Waals surface area contributed by atoms with E-state index in [2.05, 4.69) is 59.2 Å². The number of carbonyl (C=O) groups is 1. The van der Waals surface area contributed by atoms with Crippen molar-refractivity contribution in [3.8, 4) is 0 Å². The number of amides is 1. The fourth-order valence-corrected chi connectivity index (χ4v) is 2.51. The number of carbonyl (C=O) groups excluding carboxylic acids is 1. The van der Waals surface area contributed by atoms with E-state index in [0.29, 0.717) is 18.2 Å². The van der Waals surface area contributed by atoms with Gasteiger partial charge in [-0.1, -0.05) is 38.1 Å². The molecule has 5 heteroatoms. The van der Waals surface area contributed by atoms with Gasteiger partial charge in [0.2, 0.25) is 5.95 Å². The molecule has 1 heterocycles. The molecule has 2 aromatic rings. The van der Waals surface area contributed by atoms with E-state index in [1.54, 1.807) is 12.1 Å². The Hall–Kier alpha value is -2.69. The van der Waals surface area contributed by atoms with Crippen molar-refractivity contribution in [1.82, 2.24) is 15.3 Å². The molecule has 0 fully saturated rings. The van der Waals surface area contributed by atoms with Gasteiger partial charge in [-0.15, -0.1) is 6.58 Å². The van der Waals surface area contributed by atoms with Crippen LogP contribution in [0, 0.1) is 6.92 Å². The molecule has 1 aromatic heterocycles. The van der Waals surface area contributed by atoms with Gasteiger partial charge >= 0.3 is 0 Å². The fourth-order valence-electron chi connectivity index (χ4n) is 2.51. The minimum Gasteiger partial charge on any atom is -0.347 e. The van der Waals surface area contributed by atoms with Crippen LogP contribution in [0.2, 0.25) is 0 Å². The number of aryl methyl sites for hydroxylation is 3. The van der Waals surface area contributed by atoms with Gasteiger partial charge in [0, 0.05) is 17.9 Å². The Bertz CT molecular complexity index is 718. The van der Waals surface area contributed by atoms with E-state index in [0.717, 1.165) is 24.2 Å². The summed E-state index contributed by atoms with van der Waals surface area (Å²) < 4.78 is 0. The lowest BCUT2D eigenvalue weighted by Crippen LogP contribution is -2.24. The van der Waals surface area contributed by atoms with E-state index < -0.39 is 0 Å². The van der Waals surface area contributed by atoms with E-state index in [4.69, 9.17) is 0 Å². The third kappa shape index (κ3) is 4.19. The average Bonchev–Trinajstić information content (AvgIpc) is 2.59. The summed E-state index contributed by atoms with van der Waals surface area (Å²) in [6.07, 6.45) is 3.46. The minimum absolute atomic E-state index is 0.233. The van der Waals surface area contributed by atoms with E-state index >= 15 is 0 Å². The quantitative estimate of drug-likeness (QED) is 0.764. The number of aromatic nitrogens is 2. The molecule has 0 aliphatic carbocycles. The normalized spacial score (nSPS) is 10.3. The van der Waals surface area contributed by atoms with Gasteiger partial charge in [0.05, 0.1) is 0 Å². The van der Waals surface area contributed by atoms with Gasteiger partial charge in [-0.2, -0.15) is 0 Å². The topological polar surface area (TPSA) is 66.9 Å². The summed E-state index contributed by atoms with van der Waals surface area (Å²) in [5.41, 5.74) is 4.53. The van der Waals surface area contributed by atoms with E-state index in [1.165, 1.54) is 11.1 Å². The lowest BCUT2D eigenvalue weighted by molar-refractivity contribution is 0.0953. The van der Waals surface area contributed by atoms with Crippen molar-refractivity contribution in [3.63, 3.8) is 0 Å². The Morgan fingerprint density at radius 3 is 2.46 bits per heavy atom. The lowest BCUT2D eigenvalue weighted by atomic mass is 10.0. The molecule has 0 unspecified atom stereocenters. The first-order valence-electron chi connectivity index (χ1n) is 8.21. The van der Waals surface area contributed by atoms with Gasteiger partial charge in [-0.05, 0) is 37.0 Å². The molecule has 0 atom stereocenters. The number of benzene rings is 1. The number of nitrogens with one attached hydrogen (secondary N) is 2. The van der Waals surface area contributed by atoms with Crippen molar-refractivity contribution in [2.75, 3.05) is 11.9 Å². The number of hydrogen-bond donors (Lipinski definition) is 2. The summed E-state index contributed by atoms with van der Waals surface area (Å²) >= 11 is 0. The third-order valence-electron chi connectivity index (χ3n) is 3.73. The van der Waals surface area contributed by atoms with Crippen LogP contribution in [-0.4, -0.2) is 22.4 Å². The molecule has 0 spiro atoms. The molecule has 24 heavy (non-hydrogen) atoms. The van der Waals surface area contributed by atoms with Crippen molar-refractivity contribution < 1.29 is 4.79 Å². The Morgan fingerprint density at radius 1 is 1.21 bits per heavy atom. The molecular formula is C19H24N4O. The van der Waals surface area contributed by atoms with Crippen LogP contribution in [0.15, 0.2) is 36.9 Å². The molecule has 0 saturated heterocycles. The second-order valence-electron chi connectivity index (χ2n) is 5.50. The Morgan fingerprint density at radius 2 is 1.88 bits per heavy atom. The van der Waals surface area contributed by atoms with Crippen molar-refractivity contribution >= 4 is 17.5 Å². The number of hydrogen-bond acceptors (Lipinski definition) is 4. The highest BCUT2D eigenvalue weighted by Crippen LogP contribution is 2.25. The molecule has 126 valence electrons. The largest absolute Gasteiger partial charge is 0.347 e. The van der Waals surface area contributed by atoms with Crippen LogP contribution in [0.4, 0.5) is 11.6 Å². The number of nitrogens with zero attached hydrogens (tertiary/aromatic N) is 2. The Kier molecular flexibility index (Phi) is 6.07. The van der Waals surface area contributed by atoms with Crippen LogP contribution < -0.4 is 10.6 Å². The van der Waals surface area contributed by atoms with E-state index in [1.807, 2.05) is 6.92 Å². The number of para-hydroxylation sites is 1. The van der Waals surface area contributed by atoms with Gasteiger partial charge in [0.25, 0.3) is 5.91 Å². The summed E-state index contributed by atoms with van der Waals surface area (Å²) in [5.74, 6) is 0.206. The zero-order chi connectivity index (χ0) is 17.5. The van der Waals surface area contributed by atoms with Gasteiger partial charge in [-0.3, -0.25) is 4.79 Å². The van der Waals surface area contributed by atoms with E-state index in [9.17, 15) is 4.79 Å². The van der Waals surface area contributed by atoms with Crippen molar-refractivity contribution in [3.05, 3.63) is 59.4 Å². The first-order valence-corrected chi connectivity index (χ1v) is 8.21. The number of anilines is 2. The maximum absolute atomic E-state index is 12.1. The molecule has 5 nitrogen and oxygen atoms in total. The predicted octanol–water partition coefficient (Wildman–Crippen LogP) is 3.57. The summed E-state index contributed by atoms with van der Waals surface area (Å²) in [6.45, 7) is 10.1. The zero-order valence-electron chi connectivity index (χ0n) is 14.5. The van der Waals surface area contributed by atoms with E-state index in [-0.39, 0.29) is 5.91 Å². The molecule has 0 aliphatic rings. The molecule has 0 radical (unpaired) electrons. The zero-order valence-corrected chi connectivity index (χ0v) is 14.5. The third-order valence-corrected chi connectivity index (χ3v) is 3.73.